The van der Waals surface area contributed by atoms with Crippen molar-refractivity contribution in [1.82, 2.24) is 15.5 Å². The van der Waals surface area contributed by atoms with Gasteiger partial charge in [0.25, 0.3) is 0 Å². The van der Waals surface area contributed by atoms with E-state index in [2.05, 4.69) is 15.5 Å². The van der Waals surface area contributed by atoms with Crippen molar-refractivity contribution >= 4 is 10.9 Å². The van der Waals surface area contributed by atoms with Crippen LogP contribution in [0.3, 0.4) is 0 Å². The van der Waals surface area contributed by atoms with Crippen LogP contribution in [0.4, 0.5) is 0 Å². The monoisotopic (exact) mass is 269 g/mol. The number of hydrogen-bond acceptors (Lipinski definition) is 5. The highest BCUT2D eigenvalue weighted by molar-refractivity contribution is 5.84. The van der Waals surface area contributed by atoms with Gasteiger partial charge in [-0.1, -0.05) is 23.4 Å². The number of hydrogen-bond donors (Lipinski definition) is 1. The lowest BCUT2D eigenvalue weighted by atomic mass is 10.2. The first-order valence-electron chi connectivity index (χ1n) is 6.42. The quantitative estimate of drug-likeness (QED) is 0.771. The number of ether oxygens (including phenoxy) is 1. The third kappa shape index (κ3) is 2.62. The Morgan fingerprint density at radius 3 is 3.05 bits per heavy atom. The Bertz CT molecular complexity index is 704. The summed E-state index contributed by atoms with van der Waals surface area (Å²) in [7, 11) is 1.87. The maximum Gasteiger partial charge on any atom is 0.174 e. The van der Waals surface area contributed by atoms with E-state index in [-0.39, 0.29) is 0 Å². The van der Waals surface area contributed by atoms with Crippen LogP contribution in [0.1, 0.15) is 11.5 Å². The van der Waals surface area contributed by atoms with Gasteiger partial charge in [0.05, 0.1) is 5.69 Å². The van der Waals surface area contributed by atoms with Crippen LogP contribution in [-0.4, -0.2) is 17.2 Å². The lowest BCUT2D eigenvalue weighted by Gasteiger charge is -2.06. The summed E-state index contributed by atoms with van der Waals surface area (Å²) in [4.78, 5) is 4.35. The normalized spacial score (nSPS) is 10.8. The number of nitrogens with zero attached hydrogens (tertiary/aromatic N) is 2. The van der Waals surface area contributed by atoms with Crippen molar-refractivity contribution in [3.63, 3.8) is 0 Å². The van der Waals surface area contributed by atoms with Gasteiger partial charge in [-0.15, -0.1) is 0 Å². The Kier molecular flexibility index (Phi) is 3.60. The predicted molar refractivity (Wildman–Crippen MR) is 75.3 cm³/mol. The lowest BCUT2D eigenvalue weighted by molar-refractivity contribution is 0.250. The number of benzene rings is 1. The van der Waals surface area contributed by atoms with E-state index in [4.69, 9.17) is 9.26 Å². The van der Waals surface area contributed by atoms with Gasteiger partial charge in [0.15, 0.2) is 5.76 Å². The summed E-state index contributed by atoms with van der Waals surface area (Å²) >= 11 is 0. The molecule has 0 aliphatic heterocycles. The molecule has 0 saturated heterocycles. The first kappa shape index (κ1) is 12.6. The number of rotatable bonds is 5. The Hall–Kier alpha value is -2.40. The van der Waals surface area contributed by atoms with Crippen LogP contribution in [0, 0.1) is 0 Å². The second kappa shape index (κ2) is 5.71. The van der Waals surface area contributed by atoms with Crippen molar-refractivity contribution < 1.29 is 9.26 Å². The first-order valence-corrected chi connectivity index (χ1v) is 6.42. The summed E-state index contributed by atoms with van der Waals surface area (Å²) in [6, 6.07) is 11.7. The molecule has 20 heavy (non-hydrogen) atoms. The van der Waals surface area contributed by atoms with E-state index in [0.29, 0.717) is 18.9 Å². The minimum absolute atomic E-state index is 0.340. The Labute approximate surface area is 116 Å². The van der Waals surface area contributed by atoms with Gasteiger partial charge in [-0.2, -0.15) is 0 Å². The van der Waals surface area contributed by atoms with Crippen molar-refractivity contribution in [3.05, 3.63) is 54.0 Å². The third-order valence-electron chi connectivity index (χ3n) is 2.93. The number of para-hydroxylation sites is 1. The van der Waals surface area contributed by atoms with E-state index in [9.17, 15) is 0 Å². The summed E-state index contributed by atoms with van der Waals surface area (Å²) < 4.78 is 11.0. The first-order chi connectivity index (χ1) is 9.86. The van der Waals surface area contributed by atoms with Crippen LogP contribution < -0.4 is 10.1 Å². The molecule has 1 N–H and O–H groups in total. The summed E-state index contributed by atoms with van der Waals surface area (Å²) in [6.07, 6.45) is 1.76. The topological polar surface area (TPSA) is 60.2 Å². The molecule has 0 fully saturated rings. The molecule has 0 atom stereocenters. The second-order valence-corrected chi connectivity index (χ2v) is 4.43. The number of aromatic nitrogens is 2. The van der Waals surface area contributed by atoms with Crippen molar-refractivity contribution in [1.29, 1.82) is 0 Å². The van der Waals surface area contributed by atoms with E-state index >= 15 is 0 Å². The molecule has 0 radical (unpaired) electrons. The molecular weight excluding hydrogens is 254 g/mol. The highest BCUT2D eigenvalue weighted by atomic mass is 16.5. The van der Waals surface area contributed by atoms with Crippen LogP contribution in [0.5, 0.6) is 5.75 Å². The van der Waals surface area contributed by atoms with Crippen molar-refractivity contribution in [2.45, 2.75) is 13.2 Å². The Morgan fingerprint density at radius 1 is 1.25 bits per heavy atom. The van der Waals surface area contributed by atoms with Gasteiger partial charge in [0, 0.05) is 24.2 Å². The smallest absolute Gasteiger partial charge is 0.174 e. The zero-order valence-corrected chi connectivity index (χ0v) is 11.2. The third-order valence-corrected chi connectivity index (χ3v) is 2.93. The highest BCUT2D eigenvalue weighted by Gasteiger charge is 2.07. The molecule has 3 aromatic rings. The highest BCUT2D eigenvalue weighted by Crippen LogP contribution is 2.23. The van der Waals surface area contributed by atoms with Gasteiger partial charge in [-0.05, 0) is 19.2 Å². The van der Waals surface area contributed by atoms with Crippen molar-refractivity contribution in [2.75, 3.05) is 7.05 Å². The molecule has 0 saturated carbocycles. The summed E-state index contributed by atoms with van der Waals surface area (Å²) in [6.45, 7) is 1.02. The largest absolute Gasteiger partial charge is 0.483 e. The molecule has 1 aromatic carbocycles. The maximum atomic E-state index is 5.78. The van der Waals surface area contributed by atoms with Crippen molar-refractivity contribution in [3.8, 4) is 5.75 Å². The molecule has 0 bridgehead atoms. The molecule has 2 aromatic heterocycles. The van der Waals surface area contributed by atoms with Gasteiger partial charge >= 0.3 is 0 Å². The molecule has 0 unspecified atom stereocenters. The Morgan fingerprint density at radius 2 is 2.15 bits per heavy atom. The average Bonchev–Trinajstić information content (AvgIpc) is 2.93. The SMILES string of the molecule is CNCc1cc(COc2cccc3cccnc23)on1. The Balaban J connectivity index is 1.76. The molecule has 0 spiro atoms. The molecule has 102 valence electrons. The van der Waals surface area contributed by atoms with Gasteiger partial charge in [-0.3, -0.25) is 4.98 Å². The zero-order valence-electron chi connectivity index (χ0n) is 11.2. The van der Waals surface area contributed by atoms with E-state index in [1.165, 1.54) is 0 Å². The number of pyridine rings is 1. The van der Waals surface area contributed by atoms with Crippen LogP contribution in [-0.2, 0) is 13.2 Å². The number of fused-ring (bicyclic) bond motifs is 1. The average molecular weight is 269 g/mol. The molecule has 2 heterocycles. The molecule has 3 rings (SSSR count). The van der Waals surface area contributed by atoms with Gasteiger partial charge < -0.3 is 14.6 Å². The minimum Gasteiger partial charge on any atom is -0.483 e. The van der Waals surface area contributed by atoms with E-state index in [0.717, 1.165) is 22.3 Å². The molecule has 0 aliphatic carbocycles. The predicted octanol–water partition coefficient (Wildman–Crippen LogP) is 2.52. The van der Waals surface area contributed by atoms with Crippen LogP contribution in [0.25, 0.3) is 10.9 Å². The zero-order chi connectivity index (χ0) is 13.8. The van der Waals surface area contributed by atoms with E-state index in [1.54, 1.807) is 6.20 Å². The standard InChI is InChI=1S/C15H15N3O2/c1-16-9-12-8-13(20-18-12)10-19-14-6-2-4-11-5-3-7-17-15(11)14/h2-8,16H,9-10H2,1H3. The van der Waals surface area contributed by atoms with Gasteiger partial charge in [-0.25, -0.2) is 0 Å². The fourth-order valence-corrected chi connectivity index (χ4v) is 2.03. The van der Waals surface area contributed by atoms with Crippen LogP contribution in [0.15, 0.2) is 47.1 Å². The number of nitrogens with one attached hydrogen (secondary N) is 1. The lowest BCUT2D eigenvalue weighted by Crippen LogP contribution is -2.04. The molecular formula is C15H15N3O2. The minimum atomic E-state index is 0.340. The molecule has 5 nitrogen and oxygen atoms in total. The second-order valence-electron chi connectivity index (χ2n) is 4.43. The van der Waals surface area contributed by atoms with Gasteiger partial charge in [0.1, 0.15) is 17.9 Å². The van der Waals surface area contributed by atoms with Crippen LogP contribution >= 0.6 is 0 Å². The van der Waals surface area contributed by atoms with Gasteiger partial charge in [0.2, 0.25) is 0 Å². The fraction of sp³-hybridized carbons (Fsp3) is 0.200. The van der Waals surface area contributed by atoms with E-state index < -0.39 is 0 Å². The van der Waals surface area contributed by atoms with Crippen molar-refractivity contribution in [2.24, 2.45) is 0 Å². The van der Waals surface area contributed by atoms with E-state index in [1.807, 2.05) is 43.4 Å². The summed E-state index contributed by atoms with van der Waals surface area (Å²) in [5, 5.41) is 8.02. The maximum absolute atomic E-state index is 5.78. The summed E-state index contributed by atoms with van der Waals surface area (Å²) in [5.41, 5.74) is 1.71. The fourth-order valence-electron chi connectivity index (χ4n) is 2.03. The summed E-state index contributed by atoms with van der Waals surface area (Å²) in [5.74, 6) is 1.44. The molecule has 0 amide bonds. The molecule has 0 aliphatic rings. The molecule has 5 heteroatoms. The van der Waals surface area contributed by atoms with Crippen LogP contribution in [0.2, 0.25) is 0 Å².